The van der Waals surface area contributed by atoms with E-state index in [0.29, 0.717) is 18.5 Å². The number of rotatable bonds is 7. The monoisotopic (exact) mass is 371 g/mol. The van der Waals surface area contributed by atoms with Crippen molar-refractivity contribution in [3.63, 3.8) is 0 Å². The van der Waals surface area contributed by atoms with Gasteiger partial charge in [-0.15, -0.1) is 11.3 Å². The summed E-state index contributed by atoms with van der Waals surface area (Å²) in [6, 6.07) is 4.55. The van der Waals surface area contributed by atoms with E-state index < -0.39 is 20.5 Å². The van der Waals surface area contributed by atoms with E-state index in [2.05, 4.69) is 9.71 Å². The lowest BCUT2D eigenvalue weighted by Gasteiger charge is -2.22. The normalized spacial score (nSPS) is 12.1. The Morgan fingerprint density at radius 3 is 2.38 bits per heavy atom. The summed E-state index contributed by atoms with van der Waals surface area (Å²) >= 11 is 1.07. The lowest BCUT2D eigenvalue weighted by atomic mass is 9.94. The molecule has 10 heteroatoms. The zero-order valence-electron chi connectivity index (χ0n) is 13.1. The molecule has 1 aromatic heterocycles. The predicted molar refractivity (Wildman–Crippen MR) is 90.5 cm³/mol. The average Bonchev–Trinajstić information content (AvgIpc) is 3.02. The van der Waals surface area contributed by atoms with Crippen LogP contribution in [-0.2, 0) is 15.6 Å². The fourth-order valence-electron chi connectivity index (χ4n) is 2.07. The highest BCUT2D eigenvalue weighted by molar-refractivity contribution is 7.93. The van der Waals surface area contributed by atoms with Crippen molar-refractivity contribution in [3.8, 4) is 0 Å². The summed E-state index contributed by atoms with van der Waals surface area (Å²) < 4.78 is 26.9. The molecule has 0 aliphatic heterocycles. The number of sulfonamides is 1. The molecule has 24 heavy (non-hydrogen) atoms. The first kappa shape index (κ1) is 18.3. The number of nitro groups is 1. The first-order valence-electron chi connectivity index (χ1n) is 7.17. The average molecular weight is 371 g/mol. The van der Waals surface area contributed by atoms with Gasteiger partial charge in [-0.1, -0.05) is 13.8 Å². The summed E-state index contributed by atoms with van der Waals surface area (Å²) in [6.45, 7) is 3.65. The van der Waals surface area contributed by atoms with Crippen LogP contribution in [0.2, 0.25) is 0 Å². The maximum Gasteiger partial charge on any atom is 0.269 e. The Morgan fingerprint density at radius 1 is 1.29 bits per heavy atom. The van der Waals surface area contributed by atoms with Crippen molar-refractivity contribution in [2.45, 2.75) is 37.2 Å². The molecule has 130 valence electrons. The van der Waals surface area contributed by atoms with Crippen LogP contribution in [0.15, 0.2) is 34.5 Å². The molecule has 0 unspecified atom stereocenters. The van der Waals surface area contributed by atoms with Crippen molar-refractivity contribution in [2.75, 3.05) is 4.72 Å². The topological polar surface area (TPSA) is 122 Å². The number of nitrogens with one attached hydrogen (secondary N) is 1. The number of thiazole rings is 1. The zero-order chi connectivity index (χ0) is 18.0. The van der Waals surface area contributed by atoms with E-state index in [1.807, 2.05) is 13.8 Å². The molecule has 2 aromatic rings. The molecule has 0 amide bonds. The van der Waals surface area contributed by atoms with Crippen LogP contribution in [0.1, 0.15) is 32.4 Å². The molecule has 0 aliphatic rings. The molecule has 0 aliphatic carbocycles. The number of nitrogens with zero attached hydrogens (tertiary/aromatic N) is 2. The molecule has 0 radical (unpaired) electrons. The Kier molecular flexibility index (Phi) is 5.21. The van der Waals surface area contributed by atoms with Crippen LogP contribution >= 0.6 is 11.3 Å². The quantitative estimate of drug-likeness (QED) is 0.570. The zero-order valence-corrected chi connectivity index (χ0v) is 14.7. The molecule has 0 saturated carbocycles. The molecule has 1 aromatic carbocycles. The Balaban J connectivity index is 2.24. The SMILES string of the molecule is CCC(O)(CC)c1csc(NS(=O)(=O)c2ccc([N+](=O)[O-])cc2)n1. The van der Waals surface area contributed by atoms with E-state index in [1.165, 1.54) is 0 Å². The van der Waals surface area contributed by atoms with Gasteiger partial charge in [0.05, 0.1) is 15.5 Å². The van der Waals surface area contributed by atoms with Gasteiger partial charge in [0.25, 0.3) is 15.7 Å². The van der Waals surface area contributed by atoms with Gasteiger partial charge in [0, 0.05) is 17.5 Å². The summed E-state index contributed by atoms with van der Waals surface area (Å²) in [4.78, 5) is 14.1. The standard InChI is InChI=1S/C14H17N3O5S2/c1-3-14(18,4-2)12-9-23-13(15-12)16-24(21,22)11-7-5-10(6-8-11)17(19)20/h5-9,18H,3-4H2,1-2H3,(H,15,16). The van der Waals surface area contributed by atoms with Crippen molar-refractivity contribution in [1.82, 2.24) is 4.98 Å². The molecule has 1 heterocycles. The molecule has 0 fully saturated rings. The largest absolute Gasteiger partial charge is 0.384 e. The van der Waals surface area contributed by atoms with Gasteiger partial charge >= 0.3 is 0 Å². The molecule has 2 N–H and O–H groups in total. The lowest BCUT2D eigenvalue weighted by Crippen LogP contribution is -2.24. The minimum Gasteiger partial charge on any atom is -0.384 e. The van der Waals surface area contributed by atoms with E-state index in [9.17, 15) is 23.6 Å². The third kappa shape index (κ3) is 3.71. The number of anilines is 1. The van der Waals surface area contributed by atoms with Crippen molar-refractivity contribution in [3.05, 3.63) is 45.5 Å². The van der Waals surface area contributed by atoms with Crippen LogP contribution in [0.5, 0.6) is 0 Å². The van der Waals surface area contributed by atoms with Crippen LogP contribution in [0, 0.1) is 10.1 Å². The lowest BCUT2D eigenvalue weighted by molar-refractivity contribution is -0.384. The molecule has 0 atom stereocenters. The molecule has 2 rings (SSSR count). The highest BCUT2D eigenvalue weighted by Gasteiger charge is 2.28. The van der Waals surface area contributed by atoms with Crippen LogP contribution in [0.3, 0.4) is 0 Å². The Hall–Kier alpha value is -2.04. The van der Waals surface area contributed by atoms with E-state index >= 15 is 0 Å². The maximum atomic E-state index is 12.3. The van der Waals surface area contributed by atoms with Gasteiger partial charge in [-0.25, -0.2) is 13.4 Å². The Morgan fingerprint density at radius 2 is 1.88 bits per heavy atom. The molecular formula is C14H17N3O5S2. The minimum absolute atomic E-state index is 0.105. The van der Waals surface area contributed by atoms with E-state index in [0.717, 1.165) is 35.6 Å². The van der Waals surface area contributed by atoms with Gasteiger partial charge < -0.3 is 5.11 Å². The summed E-state index contributed by atoms with van der Waals surface area (Å²) in [7, 11) is -3.91. The highest BCUT2D eigenvalue weighted by Crippen LogP contribution is 2.31. The van der Waals surface area contributed by atoms with Crippen molar-refractivity contribution in [1.29, 1.82) is 0 Å². The van der Waals surface area contributed by atoms with Crippen molar-refractivity contribution in [2.24, 2.45) is 0 Å². The molecular weight excluding hydrogens is 354 g/mol. The summed E-state index contributed by atoms with van der Waals surface area (Å²) in [5, 5.41) is 22.8. The summed E-state index contributed by atoms with van der Waals surface area (Å²) in [5.41, 5.74) is -0.867. The van der Waals surface area contributed by atoms with Crippen LogP contribution in [0.25, 0.3) is 0 Å². The van der Waals surface area contributed by atoms with Gasteiger partial charge in [-0.2, -0.15) is 0 Å². The smallest absolute Gasteiger partial charge is 0.269 e. The number of hydrogen-bond donors (Lipinski definition) is 2. The molecule has 0 bridgehead atoms. The third-order valence-corrected chi connectivity index (χ3v) is 5.97. The van der Waals surface area contributed by atoms with Crippen LogP contribution in [-0.4, -0.2) is 23.4 Å². The molecule has 8 nitrogen and oxygen atoms in total. The maximum absolute atomic E-state index is 12.3. The molecule has 0 saturated heterocycles. The van der Waals surface area contributed by atoms with Gasteiger partial charge in [-0.3, -0.25) is 14.8 Å². The highest BCUT2D eigenvalue weighted by atomic mass is 32.2. The number of aromatic nitrogens is 1. The van der Waals surface area contributed by atoms with Gasteiger partial charge in [0.15, 0.2) is 5.13 Å². The fourth-order valence-corrected chi connectivity index (χ4v) is 4.12. The number of benzene rings is 1. The third-order valence-electron chi connectivity index (χ3n) is 3.73. The number of aliphatic hydroxyl groups is 1. The Bertz CT molecular complexity index is 826. The number of nitro benzene ring substituents is 1. The van der Waals surface area contributed by atoms with Crippen LogP contribution < -0.4 is 4.72 Å². The van der Waals surface area contributed by atoms with Gasteiger partial charge in [0.2, 0.25) is 0 Å². The second-order valence-electron chi connectivity index (χ2n) is 5.13. The van der Waals surface area contributed by atoms with Gasteiger partial charge in [-0.05, 0) is 25.0 Å². The van der Waals surface area contributed by atoms with Gasteiger partial charge in [0.1, 0.15) is 5.60 Å². The first-order valence-corrected chi connectivity index (χ1v) is 9.54. The second-order valence-corrected chi connectivity index (χ2v) is 7.67. The molecule has 0 spiro atoms. The predicted octanol–water partition coefficient (Wildman–Crippen LogP) is 2.86. The summed E-state index contributed by atoms with van der Waals surface area (Å²) in [5.74, 6) is 0. The van der Waals surface area contributed by atoms with Crippen molar-refractivity contribution < 1.29 is 18.4 Å². The van der Waals surface area contributed by atoms with E-state index in [-0.39, 0.29) is 15.7 Å². The van der Waals surface area contributed by atoms with E-state index in [1.54, 1.807) is 5.38 Å². The number of hydrogen-bond acceptors (Lipinski definition) is 7. The van der Waals surface area contributed by atoms with Crippen LogP contribution in [0.4, 0.5) is 10.8 Å². The Labute approximate surface area is 143 Å². The minimum atomic E-state index is -3.91. The first-order chi connectivity index (χ1) is 11.2. The number of non-ortho nitro benzene ring substituents is 1. The second kappa shape index (κ2) is 6.83. The summed E-state index contributed by atoms with van der Waals surface area (Å²) in [6.07, 6.45) is 0.920. The van der Waals surface area contributed by atoms with Crippen molar-refractivity contribution >= 4 is 32.2 Å². The van der Waals surface area contributed by atoms with E-state index in [4.69, 9.17) is 0 Å². The fraction of sp³-hybridized carbons (Fsp3) is 0.357.